The molecular formula is C30H31BrClFN4O5. The number of rotatable bonds is 6. The van der Waals surface area contributed by atoms with Crippen molar-refractivity contribution in [3.05, 3.63) is 80.8 Å². The van der Waals surface area contributed by atoms with E-state index < -0.39 is 11.4 Å². The predicted octanol–water partition coefficient (Wildman–Crippen LogP) is 5.98. The summed E-state index contributed by atoms with van der Waals surface area (Å²) >= 11 is 9.39. The van der Waals surface area contributed by atoms with Crippen molar-refractivity contribution >= 4 is 57.2 Å². The molecule has 1 fully saturated rings. The number of carboxylic acid groups (broad SMARTS) is 1. The Morgan fingerprint density at radius 2 is 2.05 bits per heavy atom. The van der Waals surface area contributed by atoms with Crippen LogP contribution in [0.25, 0.3) is 0 Å². The number of methoxy groups -OCH3 is 1. The molecule has 1 saturated heterocycles. The van der Waals surface area contributed by atoms with Gasteiger partial charge in [0.2, 0.25) is 12.3 Å². The van der Waals surface area contributed by atoms with Gasteiger partial charge in [0.1, 0.15) is 17.0 Å². The normalized spacial score (nSPS) is 20.8. The summed E-state index contributed by atoms with van der Waals surface area (Å²) in [5.41, 5.74) is 1.30. The van der Waals surface area contributed by atoms with E-state index in [2.05, 4.69) is 57.6 Å². The van der Waals surface area contributed by atoms with E-state index in [0.717, 1.165) is 6.42 Å². The zero-order valence-corrected chi connectivity index (χ0v) is 25.8. The fraction of sp³-hybridized carbons (Fsp3) is 0.333. The van der Waals surface area contributed by atoms with Gasteiger partial charge in [0.05, 0.1) is 39.2 Å². The minimum atomic E-state index is -1.04. The lowest BCUT2D eigenvalue weighted by molar-refractivity contribution is -0.122. The van der Waals surface area contributed by atoms with E-state index >= 15 is 4.39 Å². The van der Waals surface area contributed by atoms with Crippen molar-refractivity contribution in [1.29, 1.82) is 0 Å². The molecular weight excluding hydrogens is 631 g/mol. The number of fused-ring (bicyclic) bond motifs is 2. The number of hydrogen-bond acceptors (Lipinski definition) is 6. The molecule has 1 spiro atoms. The molecule has 42 heavy (non-hydrogen) atoms. The summed E-state index contributed by atoms with van der Waals surface area (Å²) in [6, 6.07) is 11.0. The summed E-state index contributed by atoms with van der Waals surface area (Å²) in [5.74, 6) is -1.59. The van der Waals surface area contributed by atoms with Crippen LogP contribution >= 0.6 is 27.5 Å². The van der Waals surface area contributed by atoms with Crippen LogP contribution in [-0.2, 0) is 15.0 Å². The van der Waals surface area contributed by atoms with Crippen molar-refractivity contribution in [3.8, 4) is 5.75 Å². The number of amides is 2. The third kappa shape index (κ3) is 5.99. The minimum absolute atomic E-state index is 0.0230. The van der Waals surface area contributed by atoms with Gasteiger partial charge in [-0.2, -0.15) is 0 Å². The topological polar surface area (TPSA) is 130 Å². The minimum Gasteiger partial charge on any atom is -0.495 e. The Hall–Kier alpha value is -3.54. The van der Waals surface area contributed by atoms with Gasteiger partial charge in [-0.3, -0.25) is 14.6 Å². The first-order valence-corrected chi connectivity index (χ1v) is 14.3. The highest BCUT2D eigenvalue weighted by atomic mass is 79.9. The Morgan fingerprint density at radius 3 is 2.69 bits per heavy atom. The van der Waals surface area contributed by atoms with Crippen LogP contribution in [0.5, 0.6) is 5.75 Å². The Kier molecular flexibility index (Phi) is 9.24. The summed E-state index contributed by atoms with van der Waals surface area (Å²) in [6.07, 6.45) is 2.80. The van der Waals surface area contributed by atoms with Crippen LogP contribution in [0.1, 0.15) is 54.7 Å². The Balaban J connectivity index is 0.000000244. The van der Waals surface area contributed by atoms with Gasteiger partial charge in [-0.15, -0.1) is 0 Å². The highest BCUT2D eigenvalue weighted by Gasteiger charge is 2.62. The van der Waals surface area contributed by atoms with Gasteiger partial charge in [0, 0.05) is 24.7 Å². The highest BCUT2D eigenvalue weighted by Crippen LogP contribution is 2.54. The number of benzene rings is 2. The Labute approximate surface area is 256 Å². The first-order valence-electron chi connectivity index (χ1n) is 13.1. The molecule has 0 saturated carbocycles. The molecule has 0 aliphatic carbocycles. The second-order valence-electron chi connectivity index (χ2n) is 11.3. The molecule has 2 amide bonds. The smallest absolute Gasteiger partial charge is 0.335 e. The molecule has 2 aliphatic rings. The van der Waals surface area contributed by atoms with Crippen molar-refractivity contribution in [3.63, 3.8) is 0 Å². The number of nitrogens with one attached hydrogen (secondary N) is 3. The lowest BCUT2D eigenvalue weighted by Crippen LogP contribution is -2.50. The zero-order valence-electron chi connectivity index (χ0n) is 23.4. The first kappa shape index (κ1) is 31.4. The second-order valence-corrected chi connectivity index (χ2v) is 12.6. The number of nitrogens with zero attached hydrogens (tertiary/aromatic N) is 1. The molecule has 2 aliphatic heterocycles. The molecule has 9 nitrogen and oxygen atoms in total. The quantitative estimate of drug-likeness (QED) is 0.239. The van der Waals surface area contributed by atoms with Gasteiger partial charge in [-0.05, 0) is 63.7 Å². The number of anilines is 2. The summed E-state index contributed by atoms with van der Waals surface area (Å²) < 4.78 is 20.4. The van der Waals surface area contributed by atoms with E-state index in [-0.39, 0.29) is 34.7 Å². The Bertz CT molecular complexity index is 1530. The lowest BCUT2D eigenvalue weighted by atomic mass is 9.65. The van der Waals surface area contributed by atoms with E-state index in [0.29, 0.717) is 50.8 Å². The molecule has 0 radical (unpaired) electrons. The van der Waals surface area contributed by atoms with Crippen LogP contribution in [0.2, 0.25) is 5.02 Å². The maximum atomic E-state index is 15.1. The van der Waals surface area contributed by atoms with Crippen LogP contribution in [0.3, 0.4) is 0 Å². The van der Waals surface area contributed by atoms with E-state index in [1.165, 1.54) is 25.3 Å². The fourth-order valence-corrected chi connectivity index (χ4v) is 6.21. The molecule has 12 heteroatoms. The van der Waals surface area contributed by atoms with Crippen molar-refractivity contribution in [1.82, 2.24) is 10.3 Å². The number of carbonyl (C=O) groups is 3. The van der Waals surface area contributed by atoms with Crippen LogP contribution in [0.4, 0.5) is 15.8 Å². The summed E-state index contributed by atoms with van der Waals surface area (Å²) in [5, 5.41) is 18.0. The monoisotopic (exact) mass is 660 g/mol. The van der Waals surface area contributed by atoms with E-state index in [1.54, 1.807) is 30.5 Å². The number of carboxylic acids is 1. The standard InChI is InChI=1S/C21H22BrClFN3O.C9H9NO4/c1-20(2,3)8-16-21(18-15(27-19(21)28)7-11(23)9-26-18)13(10-25-16)12-5-4-6-14(22)17(12)24;1-14-8-4-6(9(12)13)2-3-7(8)10-5-11/h4-7,9,13,16,25H,8,10H2,1-3H3,(H,27,28);2-5H,1H3,(H,10,11)(H,12,13)/t13?,16-,21-;/m0./s1. The molecule has 1 aromatic heterocycles. The number of pyridine rings is 1. The SMILES string of the molecule is CC(C)(C)C[C@@H]1NCC(c2cccc(Br)c2F)[C@]12C(=O)Nc1cc(Cl)cnc12.COc1cc(C(=O)O)ccc1NC=O. The molecule has 2 aromatic carbocycles. The average molecular weight is 662 g/mol. The number of aromatic carboxylic acids is 1. The van der Waals surface area contributed by atoms with Gasteiger partial charge in [-0.1, -0.05) is 44.5 Å². The number of hydrogen-bond donors (Lipinski definition) is 4. The third-order valence-electron chi connectivity index (χ3n) is 7.37. The van der Waals surface area contributed by atoms with Crippen LogP contribution in [0.15, 0.2) is 53.1 Å². The van der Waals surface area contributed by atoms with Gasteiger partial charge in [0.25, 0.3) is 0 Å². The molecule has 3 aromatic rings. The van der Waals surface area contributed by atoms with E-state index in [1.807, 2.05) is 0 Å². The first-order chi connectivity index (χ1) is 19.8. The van der Waals surface area contributed by atoms with Gasteiger partial charge in [-0.25, -0.2) is 9.18 Å². The number of aromatic nitrogens is 1. The maximum Gasteiger partial charge on any atom is 0.335 e. The molecule has 222 valence electrons. The molecule has 3 atom stereocenters. The largest absolute Gasteiger partial charge is 0.495 e. The second kappa shape index (κ2) is 12.4. The van der Waals surface area contributed by atoms with Crippen molar-refractivity contribution < 1.29 is 28.6 Å². The van der Waals surface area contributed by atoms with E-state index in [9.17, 15) is 14.4 Å². The van der Waals surface area contributed by atoms with Gasteiger partial charge in [0.15, 0.2) is 0 Å². The molecule has 5 rings (SSSR count). The fourth-order valence-electron chi connectivity index (χ4n) is 5.67. The van der Waals surface area contributed by atoms with Crippen molar-refractivity contribution in [2.75, 3.05) is 24.3 Å². The third-order valence-corrected chi connectivity index (χ3v) is 8.19. The predicted molar refractivity (Wildman–Crippen MR) is 162 cm³/mol. The summed E-state index contributed by atoms with van der Waals surface area (Å²) in [7, 11) is 1.40. The average Bonchev–Trinajstić information content (AvgIpc) is 3.42. The summed E-state index contributed by atoms with van der Waals surface area (Å²) in [4.78, 5) is 38.8. The molecule has 3 heterocycles. The van der Waals surface area contributed by atoms with Crippen LogP contribution in [0, 0.1) is 11.2 Å². The maximum absolute atomic E-state index is 15.1. The number of ether oxygens (including phenoxy) is 1. The molecule has 1 unspecified atom stereocenters. The van der Waals surface area contributed by atoms with Crippen LogP contribution in [-0.4, -0.2) is 48.1 Å². The van der Waals surface area contributed by atoms with Crippen LogP contribution < -0.4 is 20.7 Å². The van der Waals surface area contributed by atoms with Crippen molar-refractivity contribution in [2.24, 2.45) is 5.41 Å². The summed E-state index contributed by atoms with van der Waals surface area (Å²) in [6.45, 7) is 6.90. The van der Waals surface area contributed by atoms with Gasteiger partial charge < -0.3 is 25.8 Å². The Morgan fingerprint density at radius 1 is 1.31 bits per heavy atom. The lowest BCUT2D eigenvalue weighted by Gasteiger charge is -2.36. The van der Waals surface area contributed by atoms with Crippen molar-refractivity contribution in [2.45, 2.75) is 44.6 Å². The molecule has 0 bridgehead atoms. The highest BCUT2D eigenvalue weighted by molar-refractivity contribution is 9.10. The number of carbonyl (C=O) groups excluding carboxylic acids is 2. The number of halogens is 3. The van der Waals surface area contributed by atoms with E-state index in [4.69, 9.17) is 21.4 Å². The van der Waals surface area contributed by atoms with Gasteiger partial charge >= 0.3 is 5.97 Å². The zero-order chi connectivity index (χ0) is 30.8. The molecule has 4 N–H and O–H groups in total.